The summed E-state index contributed by atoms with van der Waals surface area (Å²) in [5.74, 6) is 0.0571. The van der Waals surface area contributed by atoms with Crippen LogP contribution in [0.5, 0.6) is 0 Å². The van der Waals surface area contributed by atoms with Crippen molar-refractivity contribution >= 4 is 84.2 Å². The molecule has 4 atom stereocenters. The lowest BCUT2D eigenvalue weighted by Gasteiger charge is -2.34. The summed E-state index contributed by atoms with van der Waals surface area (Å²) in [5.41, 5.74) is 13.9. The highest BCUT2D eigenvalue weighted by atomic mass is 32.1. The Balaban J connectivity index is 0.000000202. The SMILES string of the molecule is CC(C)(C)OC(=O)NC[C@@H](NC(=O)c1cc2cc3c(nc2s1)CC[C@@H](C(C)(C)C)C3)c1ccc(NC(=O)c2cnccn2)cc1.CC(C)(C)[C@@H]1CCc2nc3sc(C(=O)N[C@H](CN)c4ccc(NC(=O)c5cnccn5)cc4)cc3cc2C1. The van der Waals surface area contributed by atoms with Crippen molar-refractivity contribution < 1.29 is 28.7 Å². The van der Waals surface area contributed by atoms with Gasteiger partial charge >= 0.3 is 6.09 Å². The Bertz CT molecular complexity index is 3630. The molecule has 18 nitrogen and oxygen atoms in total. The molecule has 0 saturated carbocycles. The number of nitrogens with two attached hydrogens (primary N) is 1. The van der Waals surface area contributed by atoms with E-state index in [0.717, 1.165) is 81.5 Å². The zero-order valence-corrected chi connectivity index (χ0v) is 50.0. The molecule has 0 bridgehead atoms. The van der Waals surface area contributed by atoms with Gasteiger partial charge in [0.05, 0.1) is 34.2 Å². The number of aromatic nitrogens is 6. The zero-order chi connectivity index (χ0) is 59.2. The second-order valence-corrected chi connectivity index (χ2v) is 26.4. The number of ether oxygens (including phenoxy) is 1. The lowest BCUT2D eigenvalue weighted by atomic mass is 9.71. The first kappa shape index (κ1) is 59.5. The van der Waals surface area contributed by atoms with E-state index in [1.54, 1.807) is 57.2 Å². The van der Waals surface area contributed by atoms with Crippen LogP contribution in [0.1, 0.15) is 161 Å². The Kier molecular flexibility index (Phi) is 18.1. The minimum absolute atomic E-state index is 0.0948. The number of carbonyl (C=O) groups is 5. The normalized spacial score (nSPS) is 15.8. The van der Waals surface area contributed by atoms with Crippen LogP contribution in [0.15, 0.2) is 110 Å². The highest BCUT2D eigenvalue weighted by molar-refractivity contribution is 7.20. The van der Waals surface area contributed by atoms with E-state index in [1.807, 2.05) is 24.3 Å². The third-order valence-corrected chi connectivity index (χ3v) is 17.2. The average molecular weight is 1160 g/mol. The molecule has 0 unspecified atom stereocenters. The molecule has 432 valence electrons. The van der Waals surface area contributed by atoms with E-state index < -0.39 is 17.7 Å². The number of anilines is 2. The summed E-state index contributed by atoms with van der Waals surface area (Å²) >= 11 is 2.78. The number of carbonyl (C=O) groups excluding carboxylic acids is 5. The number of pyridine rings is 2. The minimum Gasteiger partial charge on any atom is -0.444 e. The number of rotatable bonds is 13. The van der Waals surface area contributed by atoms with Gasteiger partial charge in [0.2, 0.25) is 0 Å². The van der Waals surface area contributed by atoms with Crippen molar-refractivity contribution in [1.82, 2.24) is 45.9 Å². The molecule has 7 N–H and O–H groups in total. The molecule has 2 aliphatic rings. The van der Waals surface area contributed by atoms with Crippen LogP contribution in [0, 0.1) is 22.7 Å². The minimum atomic E-state index is -0.665. The van der Waals surface area contributed by atoms with Crippen molar-refractivity contribution in [1.29, 1.82) is 0 Å². The predicted molar refractivity (Wildman–Crippen MR) is 326 cm³/mol. The number of hydrogen-bond donors (Lipinski definition) is 6. The number of alkyl carbamates (subject to hydrolysis) is 1. The zero-order valence-electron chi connectivity index (χ0n) is 48.4. The molecule has 0 saturated heterocycles. The first-order valence-corrected chi connectivity index (χ1v) is 29.6. The summed E-state index contributed by atoms with van der Waals surface area (Å²) in [6.07, 6.45) is 14.4. The van der Waals surface area contributed by atoms with E-state index in [0.29, 0.717) is 33.0 Å². The van der Waals surface area contributed by atoms with E-state index in [1.165, 1.54) is 71.0 Å². The molecule has 6 heterocycles. The molecule has 2 aromatic carbocycles. The molecule has 83 heavy (non-hydrogen) atoms. The largest absolute Gasteiger partial charge is 0.444 e. The van der Waals surface area contributed by atoms with Gasteiger partial charge in [-0.2, -0.15) is 0 Å². The van der Waals surface area contributed by atoms with Gasteiger partial charge in [-0.25, -0.2) is 24.7 Å². The number of nitrogens with one attached hydrogen (secondary N) is 5. The molecule has 5 amide bonds. The van der Waals surface area contributed by atoms with Crippen LogP contribution in [0.2, 0.25) is 0 Å². The quantitative estimate of drug-likeness (QED) is 0.0628. The molecule has 0 fully saturated rings. The van der Waals surface area contributed by atoms with Gasteiger partial charge in [-0.15, -0.1) is 22.7 Å². The maximum atomic E-state index is 13.6. The van der Waals surface area contributed by atoms with Gasteiger partial charge in [-0.1, -0.05) is 65.8 Å². The van der Waals surface area contributed by atoms with Crippen LogP contribution in [-0.4, -0.2) is 78.3 Å². The summed E-state index contributed by atoms with van der Waals surface area (Å²) in [7, 11) is 0. The molecule has 0 aliphatic heterocycles. The lowest BCUT2D eigenvalue weighted by Crippen LogP contribution is -2.40. The molecule has 20 heteroatoms. The number of hydrogen-bond acceptors (Lipinski definition) is 15. The van der Waals surface area contributed by atoms with Gasteiger partial charge < -0.3 is 37.1 Å². The fourth-order valence-corrected chi connectivity index (χ4v) is 12.1. The smallest absolute Gasteiger partial charge is 0.407 e. The van der Waals surface area contributed by atoms with Crippen molar-refractivity contribution in [2.45, 2.75) is 119 Å². The van der Waals surface area contributed by atoms with Gasteiger partial charge in [-0.05, 0) is 153 Å². The number of aryl methyl sites for hydroxylation is 2. The van der Waals surface area contributed by atoms with Gasteiger partial charge in [0.1, 0.15) is 26.6 Å². The van der Waals surface area contributed by atoms with E-state index in [-0.39, 0.29) is 65.0 Å². The maximum absolute atomic E-state index is 13.6. The van der Waals surface area contributed by atoms with Crippen LogP contribution < -0.4 is 32.3 Å². The van der Waals surface area contributed by atoms with Gasteiger partial charge in [0.25, 0.3) is 23.6 Å². The molecule has 2 aliphatic carbocycles. The fraction of sp³-hybridized carbons (Fsp3) is 0.381. The van der Waals surface area contributed by atoms with Gasteiger partial charge in [0, 0.05) is 71.4 Å². The van der Waals surface area contributed by atoms with Gasteiger partial charge in [0.15, 0.2) is 0 Å². The second-order valence-electron chi connectivity index (χ2n) is 24.3. The van der Waals surface area contributed by atoms with E-state index >= 15 is 0 Å². The Morgan fingerprint density at radius 2 is 1.02 bits per heavy atom. The number of amides is 5. The molecule has 8 aromatic rings. The third kappa shape index (κ3) is 15.3. The Morgan fingerprint density at radius 3 is 1.42 bits per heavy atom. The highest BCUT2D eigenvalue weighted by Crippen LogP contribution is 2.40. The van der Waals surface area contributed by atoms with Crippen LogP contribution in [-0.2, 0) is 30.4 Å². The average Bonchev–Trinajstić information content (AvgIpc) is 3.57. The standard InChI is InChI=1S/C34H40N6O4S.C29H32N6O2S/c1-33(2,3)23-9-12-25-21(16-23)15-22-17-28(45-31(22)40-25)30(42)39-26(19-37-32(43)44-34(4,5)6)20-7-10-24(11-8-20)38-29(41)27-18-35-13-14-36-27;1-29(2,3)20-6-9-22-18(13-20)12-19-14-25(38-28(19)35-22)27(37)34-23(15-30)17-4-7-21(8-5-17)33-26(36)24-16-31-10-11-32-24/h7-8,10-11,13-15,17-18,23,26H,9,12,16,19H2,1-6H3,(H,37,43)(H,38,41)(H,39,42);4-5,7-8,10-12,14,16,20,23H,6,9,13,15,30H2,1-3H3,(H,33,36)(H,34,37)/t23-,26-;20-,23-/m11/s1. The molecule has 10 rings (SSSR count). The van der Waals surface area contributed by atoms with Crippen LogP contribution in [0.3, 0.4) is 0 Å². The van der Waals surface area contributed by atoms with Crippen molar-refractivity contribution in [3.8, 4) is 0 Å². The molecular formula is C63H72N12O6S2. The highest BCUT2D eigenvalue weighted by Gasteiger charge is 2.32. The first-order valence-electron chi connectivity index (χ1n) is 27.9. The molecular weight excluding hydrogens is 1080 g/mol. The Hall–Kier alpha value is -8.07. The number of nitrogens with zero attached hydrogens (tertiary/aromatic N) is 6. The second kappa shape index (κ2) is 25.2. The summed E-state index contributed by atoms with van der Waals surface area (Å²) < 4.78 is 5.41. The van der Waals surface area contributed by atoms with Gasteiger partial charge in [-0.3, -0.25) is 29.1 Å². The maximum Gasteiger partial charge on any atom is 0.407 e. The third-order valence-electron chi connectivity index (χ3n) is 15.1. The topological polar surface area (TPSA) is 258 Å². The van der Waals surface area contributed by atoms with E-state index in [9.17, 15) is 24.0 Å². The van der Waals surface area contributed by atoms with Crippen molar-refractivity contribution in [2.24, 2.45) is 28.4 Å². The number of fused-ring (bicyclic) bond motifs is 4. The molecule has 6 aromatic heterocycles. The number of benzene rings is 2. The summed E-state index contributed by atoms with van der Waals surface area (Å²) in [5, 5.41) is 16.5. The Labute approximate surface area is 491 Å². The van der Waals surface area contributed by atoms with E-state index in [2.05, 4.69) is 100 Å². The van der Waals surface area contributed by atoms with E-state index in [4.69, 9.17) is 20.4 Å². The summed E-state index contributed by atoms with van der Waals surface area (Å²) in [6.45, 7) is 19.5. The summed E-state index contributed by atoms with van der Waals surface area (Å²) in [6, 6.07) is 21.6. The first-order chi connectivity index (χ1) is 39.5. The van der Waals surface area contributed by atoms with Crippen LogP contribution in [0.4, 0.5) is 16.2 Å². The molecule has 0 spiro atoms. The fourth-order valence-electron chi connectivity index (χ4n) is 10.3. The van der Waals surface area contributed by atoms with Crippen LogP contribution >= 0.6 is 22.7 Å². The molecule has 0 radical (unpaired) electrons. The predicted octanol–water partition coefficient (Wildman–Crippen LogP) is 11.4. The van der Waals surface area contributed by atoms with Crippen molar-refractivity contribution in [2.75, 3.05) is 23.7 Å². The monoisotopic (exact) mass is 1160 g/mol. The summed E-state index contributed by atoms with van der Waals surface area (Å²) in [4.78, 5) is 92.7. The van der Waals surface area contributed by atoms with Crippen molar-refractivity contribution in [3.63, 3.8) is 0 Å². The Morgan fingerprint density at radius 1 is 0.590 bits per heavy atom. The van der Waals surface area contributed by atoms with Crippen LogP contribution in [0.25, 0.3) is 20.4 Å². The van der Waals surface area contributed by atoms with Crippen molar-refractivity contribution in [3.05, 3.63) is 165 Å². The number of thiophene rings is 2. The lowest BCUT2D eigenvalue weighted by molar-refractivity contribution is 0.0519.